The molecule has 1 unspecified atom stereocenters. The van der Waals surface area contributed by atoms with E-state index < -0.39 is 0 Å². The van der Waals surface area contributed by atoms with Crippen molar-refractivity contribution in [1.82, 2.24) is 0 Å². The number of benzene rings is 1. The van der Waals surface area contributed by atoms with E-state index in [4.69, 9.17) is 0 Å². The molecule has 1 rings (SSSR count). The van der Waals surface area contributed by atoms with Crippen LogP contribution in [0.15, 0.2) is 24.3 Å². The number of hydrogen-bond acceptors (Lipinski definition) is 3. The van der Waals surface area contributed by atoms with Gasteiger partial charge in [0.1, 0.15) is 0 Å². The lowest BCUT2D eigenvalue weighted by molar-refractivity contribution is 0.0600. The topological polar surface area (TPSA) is 46.5 Å². The minimum Gasteiger partial charge on any atom is -0.465 e. The van der Waals surface area contributed by atoms with Crippen molar-refractivity contribution in [3.63, 3.8) is 0 Å². The summed E-state index contributed by atoms with van der Waals surface area (Å²) in [5.74, 6) is -0.0610. The summed E-state index contributed by atoms with van der Waals surface area (Å²) in [4.78, 5) is 11.2. The molecule has 0 fully saturated rings. The molecule has 1 aromatic carbocycles. The highest BCUT2D eigenvalue weighted by atomic mass is 79.9. The fraction of sp³-hybridized carbons (Fsp3) is 0.462. The fourth-order valence-corrected chi connectivity index (χ4v) is 2.29. The van der Waals surface area contributed by atoms with Crippen molar-refractivity contribution in [2.24, 2.45) is 5.92 Å². The number of carbonyl (C=O) groups excluding carboxylic acids is 1. The van der Waals surface area contributed by atoms with Gasteiger partial charge >= 0.3 is 5.97 Å². The molecule has 0 aliphatic rings. The molecule has 4 heteroatoms. The molecule has 0 saturated heterocycles. The van der Waals surface area contributed by atoms with Gasteiger partial charge < -0.3 is 9.84 Å². The summed E-state index contributed by atoms with van der Waals surface area (Å²) in [6, 6.07) is 7.32. The smallest absolute Gasteiger partial charge is 0.337 e. The van der Waals surface area contributed by atoms with Crippen LogP contribution < -0.4 is 0 Å². The van der Waals surface area contributed by atoms with E-state index in [-0.39, 0.29) is 18.5 Å². The van der Waals surface area contributed by atoms with E-state index in [2.05, 4.69) is 20.7 Å². The zero-order valence-electron chi connectivity index (χ0n) is 9.86. The standard InChI is InChI=1S/C13H17BrO3/c1-17-13(16)12-4-2-10(3-5-12)8-11(9-15)6-7-14/h2-5,11,15H,6-9H2,1H3. The van der Waals surface area contributed by atoms with Crippen LogP contribution in [-0.2, 0) is 11.2 Å². The first-order chi connectivity index (χ1) is 8.21. The van der Waals surface area contributed by atoms with Gasteiger partial charge in [-0.2, -0.15) is 0 Å². The van der Waals surface area contributed by atoms with Crippen LogP contribution in [0.3, 0.4) is 0 Å². The van der Waals surface area contributed by atoms with Gasteiger partial charge in [-0.3, -0.25) is 0 Å². The van der Waals surface area contributed by atoms with E-state index >= 15 is 0 Å². The van der Waals surface area contributed by atoms with Gasteiger partial charge in [-0.25, -0.2) is 4.79 Å². The zero-order chi connectivity index (χ0) is 12.7. The quantitative estimate of drug-likeness (QED) is 0.648. The molecule has 0 heterocycles. The second kappa shape index (κ2) is 7.45. The third-order valence-electron chi connectivity index (χ3n) is 2.67. The normalized spacial score (nSPS) is 12.2. The predicted octanol–water partition coefficient (Wildman–Crippen LogP) is 2.41. The minimum atomic E-state index is -0.323. The Morgan fingerprint density at radius 2 is 2.06 bits per heavy atom. The third kappa shape index (κ3) is 4.48. The van der Waals surface area contributed by atoms with Crippen LogP contribution in [0.25, 0.3) is 0 Å². The number of carbonyl (C=O) groups is 1. The molecule has 0 amide bonds. The molecule has 0 aliphatic carbocycles. The average Bonchev–Trinajstić information content (AvgIpc) is 2.38. The zero-order valence-corrected chi connectivity index (χ0v) is 11.4. The molecule has 0 aliphatic heterocycles. The molecular formula is C13H17BrO3. The lowest BCUT2D eigenvalue weighted by Crippen LogP contribution is -2.10. The first-order valence-electron chi connectivity index (χ1n) is 5.55. The van der Waals surface area contributed by atoms with Crippen molar-refractivity contribution >= 4 is 21.9 Å². The van der Waals surface area contributed by atoms with Gasteiger partial charge in [-0.1, -0.05) is 28.1 Å². The summed E-state index contributed by atoms with van der Waals surface area (Å²) in [6.07, 6.45) is 1.76. The van der Waals surface area contributed by atoms with Crippen molar-refractivity contribution in [3.05, 3.63) is 35.4 Å². The number of rotatable bonds is 6. The van der Waals surface area contributed by atoms with Crippen molar-refractivity contribution in [3.8, 4) is 0 Å². The van der Waals surface area contributed by atoms with Crippen molar-refractivity contribution in [2.45, 2.75) is 12.8 Å². The Morgan fingerprint density at radius 1 is 1.41 bits per heavy atom. The van der Waals surface area contributed by atoms with Gasteiger partial charge in [0.2, 0.25) is 0 Å². The van der Waals surface area contributed by atoms with Crippen LogP contribution in [-0.4, -0.2) is 30.1 Å². The molecule has 0 aromatic heterocycles. The van der Waals surface area contributed by atoms with Gasteiger partial charge in [-0.15, -0.1) is 0 Å². The maximum absolute atomic E-state index is 11.2. The number of ether oxygens (including phenoxy) is 1. The van der Waals surface area contributed by atoms with E-state index in [9.17, 15) is 9.90 Å². The number of alkyl halides is 1. The molecule has 0 radical (unpaired) electrons. The molecule has 0 spiro atoms. The van der Waals surface area contributed by atoms with E-state index in [1.54, 1.807) is 12.1 Å². The molecule has 0 bridgehead atoms. The number of hydrogen-bond donors (Lipinski definition) is 1. The molecule has 1 atom stereocenters. The number of esters is 1. The highest BCUT2D eigenvalue weighted by Crippen LogP contribution is 2.14. The van der Waals surface area contributed by atoms with E-state index in [1.807, 2.05) is 12.1 Å². The largest absolute Gasteiger partial charge is 0.465 e. The summed E-state index contributed by atoms with van der Waals surface area (Å²) in [7, 11) is 1.37. The Bertz CT molecular complexity index is 348. The number of methoxy groups -OCH3 is 1. The van der Waals surface area contributed by atoms with Crippen LogP contribution in [0.1, 0.15) is 22.3 Å². The monoisotopic (exact) mass is 300 g/mol. The molecule has 17 heavy (non-hydrogen) atoms. The lowest BCUT2D eigenvalue weighted by Gasteiger charge is -2.12. The van der Waals surface area contributed by atoms with Gasteiger partial charge in [-0.05, 0) is 36.5 Å². The van der Waals surface area contributed by atoms with Crippen molar-refractivity contribution in [2.75, 3.05) is 19.0 Å². The summed E-state index contributed by atoms with van der Waals surface area (Å²) >= 11 is 3.37. The molecule has 1 aromatic rings. The maximum Gasteiger partial charge on any atom is 0.337 e. The summed E-state index contributed by atoms with van der Waals surface area (Å²) in [6.45, 7) is 0.185. The minimum absolute atomic E-state index is 0.185. The maximum atomic E-state index is 11.2. The second-order valence-corrected chi connectivity index (χ2v) is 4.71. The molecule has 94 valence electrons. The summed E-state index contributed by atoms with van der Waals surface area (Å²) < 4.78 is 4.63. The van der Waals surface area contributed by atoms with E-state index in [0.717, 1.165) is 23.7 Å². The Kier molecular flexibility index (Phi) is 6.22. The van der Waals surface area contributed by atoms with Crippen LogP contribution in [0.5, 0.6) is 0 Å². The SMILES string of the molecule is COC(=O)c1ccc(CC(CO)CCBr)cc1. The predicted molar refractivity (Wildman–Crippen MR) is 70.5 cm³/mol. The van der Waals surface area contributed by atoms with Crippen molar-refractivity contribution in [1.29, 1.82) is 0 Å². The first kappa shape index (κ1) is 14.2. The summed E-state index contributed by atoms with van der Waals surface area (Å²) in [5.41, 5.74) is 1.68. The highest BCUT2D eigenvalue weighted by molar-refractivity contribution is 9.09. The number of halogens is 1. The van der Waals surface area contributed by atoms with E-state index in [0.29, 0.717) is 5.56 Å². The van der Waals surface area contributed by atoms with Gasteiger partial charge in [0.25, 0.3) is 0 Å². The van der Waals surface area contributed by atoms with Gasteiger partial charge in [0.15, 0.2) is 0 Å². The Hall–Kier alpha value is -0.870. The van der Waals surface area contributed by atoms with Gasteiger partial charge in [0, 0.05) is 11.9 Å². The highest BCUT2D eigenvalue weighted by Gasteiger charge is 2.09. The first-order valence-corrected chi connectivity index (χ1v) is 6.67. The molecule has 1 N–H and O–H groups in total. The Balaban J connectivity index is 2.64. The Labute approximate surface area is 110 Å². The fourth-order valence-electron chi connectivity index (χ4n) is 1.64. The van der Waals surface area contributed by atoms with Crippen LogP contribution >= 0.6 is 15.9 Å². The average molecular weight is 301 g/mol. The summed E-state index contributed by atoms with van der Waals surface area (Å²) in [5, 5.41) is 10.1. The molecule has 0 saturated carbocycles. The third-order valence-corrected chi connectivity index (χ3v) is 3.13. The van der Waals surface area contributed by atoms with E-state index in [1.165, 1.54) is 7.11 Å². The molecule has 3 nitrogen and oxygen atoms in total. The van der Waals surface area contributed by atoms with Crippen LogP contribution in [0.4, 0.5) is 0 Å². The second-order valence-electron chi connectivity index (χ2n) is 3.92. The van der Waals surface area contributed by atoms with Gasteiger partial charge in [0.05, 0.1) is 12.7 Å². The van der Waals surface area contributed by atoms with Crippen LogP contribution in [0.2, 0.25) is 0 Å². The Morgan fingerprint density at radius 3 is 2.53 bits per heavy atom. The number of aliphatic hydroxyl groups excluding tert-OH is 1. The van der Waals surface area contributed by atoms with Crippen molar-refractivity contribution < 1.29 is 14.6 Å². The molecular weight excluding hydrogens is 284 g/mol. The number of aliphatic hydroxyl groups is 1. The van der Waals surface area contributed by atoms with Crippen LogP contribution in [0, 0.1) is 5.92 Å². The lowest BCUT2D eigenvalue weighted by atomic mass is 9.97.